The van der Waals surface area contributed by atoms with Crippen LogP contribution in [0.2, 0.25) is 0 Å². The van der Waals surface area contributed by atoms with E-state index in [1.54, 1.807) is 6.92 Å². The van der Waals surface area contributed by atoms with Gasteiger partial charge in [-0.1, -0.05) is 6.92 Å². The zero-order chi connectivity index (χ0) is 11.5. The molecule has 0 saturated heterocycles. The molecular formula is C6H8Br2N4O2S. The highest BCUT2D eigenvalue weighted by Crippen LogP contribution is 2.19. The van der Waals surface area contributed by atoms with Gasteiger partial charge < -0.3 is 0 Å². The molecule has 0 atom stereocenters. The molecule has 84 valence electrons. The molecule has 1 aromatic rings. The van der Waals surface area contributed by atoms with E-state index in [-0.39, 0.29) is 5.82 Å². The lowest BCUT2D eigenvalue weighted by Gasteiger charge is -2.07. The third-order valence-electron chi connectivity index (χ3n) is 1.27. The van der Waals surface area contributed by atoms with Crippen molar-refractivity contribution < 1.29 is 8.42 Å². The van der Waals surface area contributed by atoms with Gasteiger partial charge in [-0.15, -0.1) is 0 Å². The smallest absolute Gasteiger partial charge is 0.252 e. The third-order valence-corrected chi connectivity index (χ3v) is 3.33. The molecule has 0 saturated carbocycles. The zero-order valence-electron chi connectivity index (χ0n) is 7.66. The van der Waals surface area contributed by atoms with Crippen LogP contribution in [-0.4, -0.2) is 24.9 Å². The van der Waals surface area contributed by atoms with Gasteiger partial charge in [-0.2, -0.15) is 13.1 Å². The van der Waals surface area contributed by atoms with E-state index in [9.17, 15) is 8.42 Å². The van der Waals surface area contributed by atoms with Crippen molar-refractivity contribution in [1.82, 2.24) is 14.7 Å². The zero-order valence-corrected chi connectivity index (χ0v) is 11.6. The number of rotatable bonds is 4. The summed E-state index contributed by atoms with van der Waals surface area (Å²) in [5.41, 5.74) is 0. The topological polar surface area (TPSA) is 84.0 Å². The van der Waals surface area contributed by atoms with Crippen molar-refractivity contribution in [3.05, 3.63) is 15.4 Å². The Hall–Kier alpha value is -0.250. The number of halogens is 2. The predicted octanol–water partition coefficient (Wildman–Crippen LogP) is 1.27. The molecule has 0 radical (unpaired) electrons. The highest BCUT2D eigenvalue weighted by molar-refractivity contribution is 9.11. The van der Waals surface area contributed by atoms with Crippen LogP contribution in [0, 0.1) is 0 Å². The van der Waals surface area contributed by atoms with E-state index in [4.69, 9.17) is 0 Å². The number of anilines is 1. The van der Waals surface area contributed by atoms with E-state index in [0.717, 1.165) is 0 Å². The van der Waals surface area contributed by atoms with Crippen molar-refractivity contribution >= 4 is 47.9 Å². The molecule has 15 heavy (non-hydrogen) atoms. The van der Waals surface area contributed by atoms with Gasteiger partial charge in [-0.05, 0) is 31.9 Å². The van der Waals surface area contributed by atoms with Gasteiger partial charge in [0.1, 0.15) is 4.60 Å². The summed E-state index contributed by atoms with van der Waals surface area (Å²) in [7, 11) is -3.57. The molecule has 0 aliphatic heterocycles. The predicted molar refractivity (Wildman–Crippen MR) is 63.7 cm³/mol. The highest BCUT2D eigenvalue weighted by atomic mass is 79.9. The highest BCUT2D eigenvalue weighted by Gasteiger charge is 2.12. The fraction of sp³-hybridized carbons (Fsp3) is 0.333. The number of nitrogens with zero attached hydrogens (tertiary/aromatic N) is 2. The van der Waals surface area contributed by atoms with E-state index in [1.807, 2.05) is 0 Å². The van der Waals surface area contributed by atoms with Gasteiger partial charge in [0, 0.05) is 6.54 Å². The van der Waals surface area contributed by atoms with Crippen molar-refractivity contribution in [2.45, 2.75) is 6.92 Å². The van der Waals surface area contributed by atoms with Gasteiger partial charge in [0.25, 0.3) is 10.2 Å². The first-order valence-corrected chi connectivity index (χ1v) is 6.97. The first kappa shape index (κ1) is 12.8. The summed E-state index contributed by atoms with van der Waals surface area (Å²) >= 11 is 6.20. The van der Waals surface area contributed by atoms with E-state index in [1.165, 1.54) is 6.20 Å². The Balaban J connectivity index is 2.90. The van der Waals surface area contributed by atoms with E-state index in [2.05, 4.69) is 51.3 Å². The normalized spacial score (nSPS) is 11.4. The molecule has 1 heterocycles. The Labute approximate surface area is 104 Å². The average Bonchev–Trinajstić information content (AvgIpc) is 2.09. The van der Waals surface area contributed by atoms with Crippen LogP contribution in [0.1, 0.15) is 6.92 Å². The molecule has 0 bridgehead atoms. The Morgan fingerprint density at radius 3 is 2.67 bits per heavy atom. The van der Waals surface area contributed by atoms with Crippen LogP contribution >= 0.6 is 31.9 Å². The van der Waals surface area contributed by atoms with Crippen molar-refractivity contribution in [3.63, 3.8) is 0 Å². The van der Waals surface area contributed by atoms with E-state index in [0.29, 0.717) is 15.8 Å². The molecule has 0 fully saturated rings. The van der Waals surface area contributed by atoms with Crippen LogP contribution in [0.25, 0.3) is 0 Å². The number of hydrogen-bond donors (Lipinski definition) is 2. The molecule has 2 N–H and O–H groups in total. The molecule has 0 aromatic carbocycles. The van der Waals surface area contributed by atoms with Gasteiger partial charge in [-0.25, -0.2) is 9.97 Å². The van der Waals surface area contributed by atoms with Crippen LogP contribution in [0.4, 0.5) is 5.82 Å². The second-order valence-electron chi connectivity index (χ2n) is 2.44. The average molecular weight is 360 g/mol. The molecule has 1 rings (SSSR count). The van der Waals surface area contributed by atoms with Crippen molar-refractivity contribution in [2.24, 2.45) is 0 Å². The molecular weight excluding hydrogens is 352 g/mol. The maximum Gasteiger partial charge on any atom is 0.300 e. The van der Waals surface area contributed by atoms with Crippen molar-refractivity contribution in [2.75, 3.05) is 11.3 Å². The lowest BCUT2D eigenvalue weighted by atomic mass is 10.7. The number of hydrogen-bond acceptors (Lipinski definition) is 4. The minimum atomic E-state index is -3.57. The van der Waals surface area contributed by atoms with Gasteiger partial charge in [-0.3, -0.25) is 4.72 Å². The minimum Gasteiger partial charge on any atom is -0.252 e. The molecule has 9 heteroatoms. The maximum absolute atomic E-state index is 11.3. The fourth-order valence-corrected chi connectivity index (χ4v) is 2.67. The summed E-state index contributed by atoms with van der Waals surface area (Å²) in [4.78, 5) is 7.79. The summed E-state index contributed by atoms with van der Waals surface area (Å²) in [5, 5.41) is 0. The standard InChI is InChI=1S/C6H8Br2N4O2S/c1-2-10-15(13,14)12-6-5(8)11-4(7)3-9-6/h3,10H,2H2,1H3,(H,9,12). The molecule has 1 aromatic heterocycles. The first-order chi connectivity index (χ1) is 6.94. The second kappa shape index (κ2) is 5.19. The minimum absolute atomic E-state index is 0.138. The van der Waals surface area contributed by atoms with Crippen molar-refractivity contribution in [3.8, 4) is 0 Å². The summed E-state index contributed by atoms with van der Waals surface area (Å²) in [6.07, 6.45) is 1.40. The molecule has 0 amide bonds. The van der Waals surface area contributed by atoms with Crippen LogP contribution in [0.15, 0.2) is 15.4 Å². The second-order valence-corrected chi connectivity index (χ2v) is 5.50. The largest absolute Gasteiger partial charge is 0.300 e. The maximum atomic E-state index is 11.3. The van der Waals surface area contributed by atoms with E-state index < -0.39 is 10.2 Å². The molecule has 0 aliphatic carbocycles. The monoisotopic (exact) mass is 358 g/mol. The summed E-state index contributed by atoms with van der Waals surface area (Å²) in [6, 6.07) is 0. The summed E-state index contributed by atoms with van der Waals surface area (Å²) in [6.45, 7) is 1.98. The Morgan fingerprint density at radius 2 is 2.13 bits per heavy atom. The lowest BCUT2D eigenvalue weighted by Crippen LogP contribution is -2.30. The lowest BCUT2D eigenvalue weighted by molar-refractivity contribution is 0.589. The number of nitrogens with one attached hydrogen (secondary N) is 2. The summed E-state index contributed by atoms with van der Waals surface area (Å²) < 4.78 is 28.0. The van der Waals surface area contributed by atoms with Gasteiger partial charge in [0.05, 0.1) is 6.20 Å². The number of aromatic nitrogens is 2. The first-order valence-electron chi connectivity index (χ1n) is 3.90. The van der Waals surface area contributed by atoms with E-state index >= 15 is 0 Å². The van der Waals surface area contributed by atoms with Gasteiger partial charge in [0.2, 0.25) is 0 Å². The Morgan fingerprint density at radius 1 is 1.47 bits per heavy atom. The molecule has 6 nitrogen and oxygen atoms in total. The quantitative estimate of drug-likeness (QED) is 0.847. The van der Waals surface area contributed by atoms with Crippen LogP contribution in [0.5, 0.6) is 0 Å². The summed E-state index contributed by atoms with van der Waals surface area (Å²) in [5.74, 6) is 0.138. The third kappa shape index (κ3) is 4.01. The Kier molecular flexibility index (Phi) is 4.44. The molecule has 0 unspecified atom stereocenters. The van der Waals surface area contributed by atoms with Gasteiger partial charge in [0.15, 0.2) is 10.4 Å². The van der Waals surface area contributed by atoms with Gasteiger partial charge >= 0.3 is 0 Å². The van der Waals surface area contributed by atoms with Crippen LogP contribution in [0.3, 0.4) is 0 Å². The molecule has 0 spiro atoms. The van der Waals surface area contributed by atoms with Crippen LogP contribution in [-0.2, 0) is 10.2 Å². The Bertz CT molecular complexity index is 450. The fourth-order valence-electron chi connectivity index (χ4n) is 0.769. The van der Waals surface area contributed by atoms with Crippen molar-refractivity contribution in [1.29, 1.82) is 0 Å². The SMILES string of the molecule is CCNS(=O)(=O)Nc1ncc(Br)nc1Br. The molecule has 0 aliphatic rings. The van der Waals surface area contributed by atoms with Crippen LogP contribution < -0.4 is 9.44 Å².